The van der Waals surface area contributed by atoms with Gasteiger partial charge in [0.05, 0.1) is 17.1 Å². The second-order valence-electron chi connectivity index (χ2n) is 5.42. The number of fused-ring (bicyclic) bond motifs is 1. The largest absolute Gasteiger partial charge is 0.330 e. The lowest BCUT2D eigenvalue weighted by Crippen LogP contribution is -2.36. The number of benzene rings is 2. The van der Waals surface area contributed by atoms with Crippen molar-refractivity contribution in [3.63, 3.8) is 0 Å². The van der Waals surface area contributed by atoms with Gasteiger partial charge in [-0.05, 0) is 44.3 Å². The molecule has 128 valence electrons. The van der Waals surface area contributed by atoms with E-state index in [1.54, 1.807) is 31.3 Å². The molecule has 0 saturated carbocycles. The third-order valence-corrected chi connectivity index (χ3v) is 5.55. The summed E-state index contributed by atoms with van der Waals surface area (Å²) in [5.41, 5.74) is 0.821. The Morgan fingerprint density at radius 3 is 2.29 bits per heavy atom. The number of hydrogen-bond acceptors (Lipinski definition) is 3. The van der Waals surface area contributed by atoms with E-state index in [0.29, 0.717) is 30.4 Å². The van der Waals surface area contributed by atoms with Gasteiger partial charge in [0, 0.05) is 12.6 Å². The number of hydrogen-bond donors (Lipinski definition) is 1. The lowest BCUT2D eigenvalue weighted by atomic mass is 10.2. The van der Waals surface area contributed by atoms with Crippen LogP contribution in [0.1, 0.15) is 6.42 Å². The predicted octanol–water partition coefficient (Wildman–Crippen LogP) is 2.78. The molecule has 1 aliphatic heterocycles. The van der Waals surface area contributed by atoms with Crippen LogP contribution in [0.5, 0.6) is 0 Å². The van der Waals surface area contributed by atoms with Gasteiger partial charge in [-0.25, -0.2) is 13.1 Å². The molecule has 2 aromatic carbocycles. The zero-order valence-electron chi connectivity index (χ0n) is 13.0. The first-order valence-electron chi connectivity index (χ1n) is 7.48. The first-order chi connectivity index (χ1) is 11.4. The second-order valence-corrected chi connectivity index (χ2v) is 7.12. The molecule has 0 fully saturated rings. The molecule has 0 amide bonds. The lowest BCUT2D eigenvalue weighted by Gasteiger charge is -2.22. The van der Waals surface area contributed by atoms with E-state index in [1.807, 2.05) is 0 Å². The minimum Gasteiger partial charge on any atom is -0.320 e. The van der Waals surface area contributed by atoms with Crippen LogP contribution in [0, 0.1) is 11.6 Å². The zero-order chi connectivity index (χ0) is 17.3. The molecule has 8 heteroatoms. The van der Waals surface area contributed by atoms with Gasteiger partial charge in [0.2, 0.25) is 0 Å². The minimum absolute atomic E-state index is 0.0592. The number of nitrogens with zero attached hydrogens (tertiary/aromatic N) is 2. The van der Waals surface area contributed by atoms with Crippen LogP contribution in [0.3, 0.4) is 0 Å². The number of anilines is 3. The van der Waals surface area contributed by atoms with Gasteiger partial charge >= 0.3 is 10.2 Å². The molecule has 3 rings (SSSR count). The van der Waals surface area contributed by atoms with Crippen LogP contribution in [0.15, 0.2) is 42.5 Å². The molecule has 1 N–H and O–H groups in total. The Balaban J connectivity index is 2.09. The normalized spacial score (nSPS) is 15.6. The highest BCUT2D eigenvalue weighted by Gasteiger charge is 2.41. The van der Waals surface area contributed by atoms with Gasteiger partial charge in [-0.3, -0.25) is 4.31 Å². The predicted molar refractivity (Wildman–Crippen MR) is 89.7 cm³/mol. The quantitative estimate of drug-likeness (QED) is 0.841. The van der Waals surface area contributed by atoms with Gasteiger partial charge in [-0.1, -0.05) is 12.1 Å². The molecule has 1 aliphatic rings. The van der Waals surface area contributed by atoms with Gasteiger partial charge in [0.25, 0.3) is 0 Å². The average Bonchev–Trinajstić information content (AvgIpc) is 2.73. The maximum atomic E-state index is 13.6. The maximum Gasteiger partial charge on any atom is 0.330 e. The Morgan fingerprint density at radius 1 is 1.04 bits per heavy atom. The van der Waals surface area contributed by atoms with E-state index in [-0.39, 0.29) is 12.2 Å². The van der Waals surface area contributed by atoms with Crippen LogP contribution in [0.4, 0.5) is 25.8 Å². The number of para-hydroxylation sites is 2. The summed E-state index contributed by atoms with van der Waals surface area (Å²) in [4.78, 5) is 0. The van der Waals surface area contributed by atoms with Crippen molar-refractivity contribution in [2.45, 2.75) is 6.42 Å². The Bertz CT molecular complexity index is 838. The van der Waals surface area contributed by atoms with E-state index in [1.165, 1.54) is 4.31 Å². The average molecular weight is 353 g/mol. The molecule has 0 radical (unpaired) electrons. The summed E-state index contributed by atoms with van der Waals surface area (Å²) in [6.45, 7) is 0.928. The first kappa shape index (κ1) is 16.7. The Morgan fingerprint density at radius 2 is 1.67 bits per heavy atom. The van der Waals surface area contributed by atoms with Crippen LogP contribution >= 0.6 is 0 Å². The van der Waals surface area contributed by atoms with E-state index < -0.39 is 21.8 Å². The molecule has 24 heavy (non-hydrogen) atoms. The van der Waals surface area contributed by atoms with Crippen molar-refractivity contribution in [2.24, 2.45) is 0 Å². The molecule has 0 aliphatic carbocycles. The van der Waals surface area contributed by atoms with Crippen LogP contribution in [0.2, 0.25) is 0 Å². The van der Waals surface area contributed by atoms with E-state index >= 15 is 0 Å². The molecule has 0 atom stereocenters. The molecular formula is C16H17F2N3O2S. The minimum atomic E-state index is -3.95. The molecule has 5 nitrogen and oxygen atoms in total. The van der Waals surface area contributed by atoms with Gasteiger partial charge in [-0.2, -0.15) is 8.42 Å². The van der Waals surface area contributed by atoms with Crippen molar-refractivity contribution >= 4 is 27.3 Å². The summed E-state index contributed by atoms with van der Waals surface area (Å²) < 4.78 is 55.3. The Labute approximate surface area is 139 Å². The summed E-state index contributed by atoms with van der Waals surface area (Å²) in [6, 6.07) is 9.45. The first-order valence-corrected chi connectivity index (χ1v) is 8.87. The lowest BCUT2D eigenvalue weighted by molar-refractivity contribution is 0.582. The van der Waals surface area contributed by atoms with Crippen molar-refractivity contribution in [3.05, 3.63) is 54.1 Å². The fourth-order valence-corrected chi connectivity index (χ4v) is 4.49. The molecular weight excluding hydrogens is 336 g/mol. The second kappa shape index (κ2) is 6.37. The van der Waals surface area contributed by atoms with E-state index in [4.69, 9.17) is 0 Å². The molecule has 0 saturated heterocycles. The van der Waals surface area contributed by atoms with Crippen molar-refractivity contribution in [3.8, 4) is 0 Å². The summed E-state index contributed by atoms with van der Waals surface area (Å²) in [5.74, 6) is -1.65. The molecule has 0 spiro atoms. The maximum absolute atomic E-state index is 13.6. The third kappa shape index (κ3) is 2.83. The van der Waals surface area contributed by atoms with Crippen molar-refractivity contribution in [2.75, 3.05) is 28.7 Å². The molecule has 1 heterocycles. The molecule has 0 bridgehead atoms. The number of nitrogens with one attached hydrogen (secondary N) is 1. The highest BCUT2D eigenvalue weighted by atomic mass is 32.2. The van der Waals surface area contributed by atoms with Crippen molar-refractivity contribution in [1.82, 2.24) is 5.32 Å². The van der Waals surface area contributed by atoms with E-state index in [9.17, 15) is 17.2 Å². The summed E-state index contributed by atoms with van der Waals surface area (Å²) >= 11 is 0. The Hall–Kier alpha value is -2.19. The fraction of sp³-hybridized carbons (Fsp3) is 0.250. The van der Waals surface area contributed by atoms with Gasteiger partial charge in [0.15, 0.2) is 0 Å². The number of halogens is 2. The molecule has 2 aromatic rings. The zero-order valence-corrected chi connectivity index (χ0v) is 13.9. The highest BCUT2D eigenvalue weighted by Crippen LogP contribution is 2.45. The van der Waals surface area contributed by atoms with E-state index in [2.05, 4.69) is 5.32 Å². The van der Waals surface area contributed by atoms with Gasteiger partial charge < -0.3 is 5.32 Å². The molecule has 0 aromatic heterocycles. The SMILES string of the molecule is CNCCCN1c2ccccc2N(c2cc(F)cc(F)c2)S1(=O)=O. The van der Waals surface area contributed by atoms with Crippen LogP contribution in [-0.2, 0) is 10.2 Å². The van der Waals surface area contributed by atoms with Crippen LogP contribution in [-0.4, -0.2) is 28.6 Å². The van der Waals surface area contributed by atoms with Crippen molar-refractivity contribution in [1.29, 1.82) is 0 Å². The fourth-order valence-electron chi connectivity index (χ4n) is 2.76. The van der Waals surface area contributed by atoms with Crippen LogP contribution in [0.25, 0.3) is 0 Å². The highest BCUT2D eigenvalue weighted by molar-refractivity contribution is 7.95. The van der Waals surface area contributed by atoms with Gasteiger partial charge in [0.1, 0.15) is 11.6 Å². The Kier molecular flexibility index (Phi) is 4.42. The smallest absolute Gasteiger partial charge is 0.320 e. The monoisotopic (exact) mass is 353 g/mol. The summed E-state index contributed by atoms with van der Waals surface area (Å²) in [6.07, 6.45) is 0.607. The third-order valence-electron chi connectivity index (χ3n) is 3.75. The number of rotatable bonds is 5. The van der Waals surface area contributed by atoms with Crippen LogP contribution < -0.4 is 13.9 Å². The van der Waals surface area contributed by atoms with Crippen molar-refractivity contribution < 1.29 is 17.2 Å². The van der Waals surface area contributed by atoms with E-state index in [0.717, 1.165) is 16.4 Å². The summed E-state index contributed by atoms with van der Waals surface area (Å²) in [7, 11) is -2.16. The topological polar surface area (TPSA) is 52.6 Å². The van der Waals surface area contributed by atoms with Gasteiger partial charge in [-0.15, -0.1) is 0 Å². The molecule has 0 unspecified atom stereocenters. The summed E-state index contributed by atoms with van der Waals surface area (Å²) in [5, 5.41) is 2.97. The standard InChI is InChI=1S/C16H17F2N3O2S/c1-19-7-4-8-20-15-5-2-3-6-16(15)21(24(20,22)23)14-10-12(17)9-13(18)11-14/h2-3,5-6,9-11,19H,4,7-8H2,1H3.